The van der Waals surface area contributed by atoms with Crippen molar-refractivity contribution < 1.29 is 8.78 Å². The molecule has 0 amide bonds. The first-order valence-electron chi connectivity index (χ1n) is 8.18. The molecule has 0 aliphatic carbocycles. The third-order valence-electron chi connectivity index (χ3n) is 4.32. The Balaban J connectivity index is 2.03. The summed E-state index contributed by atoms with van der Waals surface area (Å²) in [6, 6.07) is 3.79. The lowest BCUT2D eigenvalue weighted by molar-refractivity contribution is 0.125. The van der Waals surface area contributed by atoms with Crippen molar-refractivity contribution in [3.63, 3.8) is 0 Å². The molecule has 1 heterocycles. The maximum Gasteiger partial charge on any atom is 0.194 e. The molecule has 1 aliphatic rings. The van der Waals surface area contributed by atoms with Crippen LogP contribution in [0.15, 0.2) is 23.2 Å². The van der Waals surface area contributed by atoms with Crippen LogP contribution in [-0.4, -0.2) is 55.5 Å². The van der Waals surface area contributed by atoms with Gasteiger partial charge in [0, 0.05) is 50.9 Å². The van der Waals surface area contributed by atoms with Crippen molar-refractivity contribution >= 4 is 5.96 Å². The summed E-state index contributed by atoms with van der Waals surface area (Å²) in [6.07, 6.45) is 6.04. The van der Waals surface area contributed by atoms with Gasteiger partial charge >= 0.3 is 0 Å². The molecule has 4 nitrogen and oxygen atoms in total. The van der Waals surface area contributed by atoms with E-state index in [4.69, 9.17) is 6.42 Å². The van der Waals surface area contributed by atoms with Crippen LogP contribution in [0.5, 0.6) is 0 Å². The number of halogens is 2. The molecule has 24 heavy (non-hydrogen) atoms. The Hall–Kier alpha value is -2.13. The van der Waals surface area contributed by atoms with E-state index in [-0.39, 0.29) is 6.04 Å². The molecule has 1 aromatic carbocycles. The van der Waals surface area contributed by atoms with Gasteiger partial charge in [0.25, 0.3) is 0 Å². The van der Waals surface area contributed by atoms with Crippen molar-refractivity contribution in [2.75, 3.05) is 39.8 Å². The number of guanidine groups is 1. The highest BCUT2D eigenvalue weighted by Gasteiger charge is 2.26. The van der Waals surface area contributed by atoms with Crippen LogP contribution in [0.2, 0.25) is 0 Å². The summed E-state index contributed by atoms with van der Waals surface area (Å²) < 4.78 is 27.3. The van der Waals surface area contributed by atoms with Crippen LogP contribution in [0, 0.1) is 24.0 Å². The molecule has 0 spiro atoms. The fourth-order valence-electron chi connectivity index (χ4n) is 3.15. The van der Waals surface area contributed by atoms with E-state index >= 15 is 0 Å². The summed E-state index contributed by atoms with van der Waals surface area (Å²) in [5.41, 5.74) is 0.558. The second-order valence-corrected chi connectivity index (χ2v) is 5.72. The number of terminal acetylenes is 1. The third-order valence-corrected chi connectivity index (χ3v) is 4.32. The molecule has 1 fully saturated rings. The number of nitrogens with one attached hydrogen (secondary N) is 1. The van der Waals surface area contributed by atoms with Gasteiger partial charge in [0.15, 0.2) is 5.96 Å². The van der Waals surface area contributed by atoms with Gasteiger partial charge in [-0.2, -0.15) is 0 Å². The third kappa shape index (κ3) is 4.24. The summed E-state index contributed by atoms with van der Waals surface area (Å²) in [5.74, 6) is 2.31. The zero-order valence-electron chi connectivity index (χ0n) is 14.2. The monoisotopic (exact) mass is 334 g/mol. The molecule has 1 aliphatic heterocycles. The van der Waals surface area contributed by atoms with E-state index in [0.29, 0.717) is 12.1 Å². The number of rotatable bonds is 4. The highest BCUT2D eigenvalue weighted by molar-refractivity contribution is 5.80. The van der Waals surface area contributed by atoms with Gasteiger partial charge < -0.3 is 10.2 Å². The average molecular weight is 334 g/mol. The Kier molecular flexibility index (Phi) is 6.56. The van der Waals surface area contributed by atoms with Gasteiger partial charge in [-0.1, -0.05) is 18.9 Å². The molecule has 0 aromatic heterocycles. The lowest BCUT2D eigenvalue weighted by atomic mass is 10.0. The maximum absolute atomic E-state index is 14.1. The van der Waals surface area contributed by atoms with E-state index in [0.717, 1.165) is 44.6 Å². The zero-order chi connectivity index (χ0) is 17.5. The topological polar surface area (TPSA) is 30.9 Å². The number of aliphatic imine (C=N–C) groups is 1. The molecule has 6 heteroatoms. The van der Waals surface area contributed by atoms with Crippen molar-refractivity contribution in [3.8, 4) is 12.3 Å². The number of hydrogen-bond donors (Lipinski definition) is 1. The van der Waals surface area contributed by atoms with Crippen molar-refractivity contribution in [2.24, 2.45) is 4.99 Å². The molecule has 1 atom stereocenters. The lowest BCUT2D eigenvalue weighted by Crippen LogP contribution is -2.53. The number of nitrogens with zero attached hydrogens (tertiary/aromatic N) is 3. The molecule has 1 aromatic rings. The predicted molar refractivity (Wildman–Crippen MR) is 92.7 cm³/mol. The molecule has 0 bridgehead atoms. The van der Waals surface area contributed by atoms with Crippen LogP contribution in [0.3, 0.4) is 0 Å². The number of piperazine rings is 1. The van der Waals surface area contributed by atoms with Gasteiger partial charge in [-0.05, 0) is 12.5 Å². The Morgan fingerprint density at radius 1 is 1.33 bits per heavy atom. The van der Waals surface area contributed by atoms with Gasteiger partial charge in [0.2, 0.25) is 0 Å². The van der Waals surface area contributed by atoms with E-state index in [2.05, 4.69) is 26.0 Å². The molecular weight excluding hydrogens is 310 g/mol. The van der Waals surface area contributed by atoms with Crippen LogP contribution in [0.1, 0.15) is 24.9 Å². The first-order valence-corrected chi connectivity index (χ1v) is 8.18. The van der Waals surface area contributed by atoms with Crippen molar-refractivity contribution in [2.45, 2.75) is 19.4 Å². The SMILES string of the molecule is C#CCNC(=NC)N1CCN(C(CC)c2ccc(F)cc2F)CC1. The first kappa shape index (κ1) is 18.2. The Morgan fingerprint density at radius 3 is 2.58 bits per heavy atom. The fourth-order valence-corrected chi connectivity index (χ4v) is 3.15. The summed E-state index contributed by atoms with van der Waals surface area (Å²) in [7, 11) is 1.73. The van der Waals surface area contributed by atoms with Gasteiger partial charge in [0.1, 0.15) is 11.6 Å². The van der Waals surface area contributed by atoms with Gasteiger partial charge in [-0.25, -0.2) is 8.78 Å². The van der Waals surface area contributed by atoms with E-state index in [1.807, 2.05) is 6.92 Å². The number of hydrogen-bond acceptors (Lipinski definition) is 2. The van der Waals surface area contributed by atoms with Crippen LogP contribution in [0.25, 0.3) is 0 Å². The van der Waals surface area contributed by atoms with Crippen molar-refractivity contribution in [1.29, 1.82) is 0 Å². The summed E-state index contributed by atoms with van der Waals surface area (Å²) in [4.78, 5) is 8.61. The minimum Gasteiger partial charge on any atom is -0.345 e. The van der Waals surface area contributed by atoms with Crippen LogP contribution >= 0.6 is 0 Å². The van der Waals surface area contributed by atoms with Crippen molar-refractivity contribution in [1.82, 2.24) is 15.1 Å². The molecule has 1 saturated heterocycles. The number of benzene rings is 1. The zero-order valence-corrected chi connectivity index (χ0v) is 14.2. The predicted octanol–water partition coefficient (Wildman–Crippen LogP) is 2.24. The van der Waals surface area contributed by atoms with Gasteiger partial charge in [-0.3, -0.25) is 9.89 Å². The largest absolute Gasteiger partial charge is 0.345 e. The molecule has 2 rings (SSSR count). The average Bonchev–Trinajstić information content (AvgIpc) is 2.59. The Labute approximate surface area is 142 Å². The maximum atomic E-state index is 14.1. The summed E-state index contributed by atoms with van der Waals surface area (Å²) in [5, 5.41) is 3.11. The fraction of sp³-hybridized carbons (Fsp3) is 0.500. The van der Waals surface area contributed by atoms with E-state index in [1.54, 1.807) is 13.1 Å². The van der Waals surface area contributed by atoms with Crippen molar-refractivity contribution in [3.05, 3.63) is 35.4 Å². The quantitative estimate of drug-likeness (QED) is 0.520. The van der Waals surface area contributed by atoms with E-state index in [9.17, 15) is 8.78 Å². The minimum absolute atomic E-state index is 0.0477. The minimum atomic E-state index is -0.542. The highest BCUT2D eigenvalue weighted by atomic mass is 19.1. The first-order chi connectivity index (χ1) is 11.6. The Morgan fingerprint density at radius 2 is 2.04 bits per heavy atom. The van der Waals surface area contributed by atoms with Crippen LogP contribution in [-0.2, 0) is 0 Å². The smallest absolute Gasteiger partial charge is 0.194 e. The summed E-state index contributed by atoms with van der Waals surface area (Å²) >= 11 is 0. The Bertz CT molecular complexity index is 616. The standard InChI is InChI=1S/C18H24F2N4/c1-4-8-22-18(21-3)24-11-9-23(10-12-24)17(5-2)15-7-6-14(19)13-16(15)20/h1,6-7,13,17H,5,8-12H2,2-3H3,(H,21,22). The second kappa shape index (κ2) is 8.65. The summed E-state index contributed by atoms with van der Waals surface area (Å²) in [6.45, 7) is 5.59. The molecule has 1 unspecified atom stereocenters. The van der Waals surface area contributed by atoms with Crippen LogP contribution in [0.4, 0.5) is 8.78 Å². The lowest BCUT2D eigenvalue weighted by Gasteiger charge is -2.40. The molecule has 1 N–H and O–H groups in total. The van der Waals surface area contributed by atoms with Gasteiger partial charge in [-0.15, -0.1) is 6.42 Å². The highest BCUT2D eigenvalue weighted by Crippen LogP contribution is 2.27. The van der Waals surface area contributed by atoms with Crippen LogP contribution < -0.4 is 5.32 Å². The molecule has 0 radical (unpaired) electrons. The normalized spacial score (nSPS) is 17.5. The van der Waals surface area contributed by atoms with E-state index < -0.39 is 11.6 Å². The second-order valence-electron chi connectivity index (χ2n) is 5.72. The van der Waals surface area contributed by atoms with Gasteiger partial charge in [0.05, 0.1) is 6.54 Å². The molecule has 0 saturated carbocycles. The molecule has 130 valence electrons. The van der Waals surface area contributed by atoms with E-state index in [1.165, 1.54) is 6.07 Å². The molecular formula is C18H24F2N4.